The SMILES string of the molecule is Nc1ccc(CS(=O)(=O)CCCF)c(Cl)c1Oc1ccc2c(c1)C1=NCCCN1C=N2. The summed E-state index contributed by atoms with van der Waals surface area (Å²) < 4.78 is 42.8. The molecule has 2 N–H and O–H groups in total. The van der Waals surface area contributed by atoms with Crippen LogP contribution < -0.4 is 10.5 Å². The summed E-state index contributed by atoms with van der Waals surface area (Å²) in [6, 6.07) is 8.49. The molecule has 0 atom stereocenters. The highest BCUT2D eigenvalue weighted by molar-refractivity contribution is 7.90. The van der Waals surface area contributed by atoms with Gasteiger partial charge in [0.05, 0.1) is 40.9 Å². The van der Waals surface area contributed by atoms with E-state index < -0.39 is 16.5 Å². The minimum Gasteiger partial charge on any atom is -0.454 e. The molecule has 0 saturated carbocycles. The first-order valence-electron chi connectivity index (χ1n) is 9.89. The number of ether oxygens (including phenoxy) is 1. The number of nitrogens with zero attached hydrogens (tertiary/aromatic N) is 3. The molecule has 0 unspecified atom stereocenters. The molecule has 0 fully saturated rings. The van der Waals surface area contributed by atoms with E-state index in [2.05, 4.69) is 9.98 Å². The van der Waals surface area contributed by atoms with Crippen molar-refractivity contribution < 1.29 is 17.5 Å². The van der Waals surface area contributed by atoms with Gasteiger partial charge in [-0.1, -0.05) is 17.7 Å². The van der Waals surface area contributed by atoms with Crippen LogP contribution in [0.5, 0.6) is 11.5 Å². The number of amidine groups is 1. The smallest absolute Gasteiger partial charge is 0.169 e. The number of alkyl halides is 1. The van der Waals surface area contributed by atoms with Gasteiger partial charge in [-0.05, 0) is 42.7 Å². The van der Waals surface area contributed by atoms with Gasteiger partial charge in [0.15, 0.2) is 15.6 Å². The maximum Gasteiger partial charge on any atom is 0.169 e. The predicted octanol–water partition coefficient (Wildman–Crippen LogP) is 4.11. The van der Waals surface area contributed by atoms with E-state index in [-0.39, 0.29) is 34.4 Å². The van der Waals surface area contributed by atoms with Gasteiger partial charge in [0, 0.05) is 18.7 Å². The lowest BCUT2D eigenvalue weighted by molar-refractivity contribution is 0.483. The molecule has 2 heterocycles. The molecule has 2 aromatic carbocycles. The zero-order valence-corrected chi connectivity index (χ0v) is 18.3. The van der Waals surface area contributed by atoms with Crippen molar-refractivity contribution in [3.8, 4) is 11.5 Å². The maximum atomic E-state index is 12.4. The third-order valence-electron chi connectivity index (χ3n) is 5.03. The Bertz CT molecular complexity index is 1170. The molecule has 10 heteroatoms. The third kappa shape index (κ3) is 4.67. The largest absolute Gasteiger partial charge is 0.454 e. The number of anilines is 1. The van der Waals surface area contributed by atoms with Crippen molar-refractivity contribution in [1.29, 1.82) is 0 Å². The first kappa shape index (κ1) is 21.6. The Kier molecular flexibility index (Phi) is 6.15. The molecule has 2 aliphatic heterocycles. The summed E-state index contributed by atoms with van der Waals surface area (Å²) in [5, 5.41) is 0.121. The number of benzene rings is 2. The highest BCUT2D eigenvalue weighted by atomic mass is 35.5. The van der Waals surface area contributed by atoms with E-state index in [9.17, 15) is 12.8 Å². The molecule has 0 spiro atoms. The number of sulfone groups is 1. The fourth-order valence-electron chi connectivity index (χ4n) is 3.51. The van der Waals surface area contributed by atoms with E-state index in [1.54, 1.807) is 24.5 Å². The second-order valence-electron chi connectivity index (χ2n) is 7.37. The van der Waals surface area contributed by atoms with Crippen molar-refractivity contribution in [2.75, 3.05) is 31.3 Å². The average molecular weight is 465 g/mol. The summed E-state index contributed by atoms with van der Waals surface area (Å²) in [5.74, 6) is 0.947. The molecule has 0 aliphatic carbocycles. The van der Waals surface area contributed by atoms with Crippen molar-refractivity contribution in [2.24, 2.45) is 9.98 Å². The minimum absolute atomic E-state index is 0.0448. The Morgan fingerprint density at radius 3 is 2.90 bits per heavy atom. The molecule has 31 heavy (non-hydrogen) atoms. The van der Waals surface area contributed by atoms with Gasteiger partial charge < -0.3 is 15.4 Å². The molecule has 7 nitrogen and oxygen atoms in total. The molecular weight excluding hydrogens is 443 g/mol. The van der Waals surface area contributed by atoms with Gasteiger partial charge in [-0.15, -0.1) is 0 Å². The van der Waals surface area contributed by atoms with Gasteiger partial charge in [-0.25, -0.2) is 13.4 Å². The van der Waals surface area contributed by atoms with Crippen molar-refractivity contribution >= 4 is 45.0 Å². The molecule has 0 amide bonds. The van der Waals surface area contributed by atoms with Gasteiger partial charge in [0.1, 0.15) is 11.6 Å². The summed E-state index contributed by atoms with van der Waals surface area (Å²) >= 11 is 6.46. The van der Waals surface area contributed by atoms with Crippen molar-refractivity contribution in [3.63, 3.8) is 0 Å². The second kappa shape index (κ2) is 8.84. The zero-order chi connectivity index (χ0) is 22.0. The van der Waals surface area contributed by atoms with Crippen LogP contribution in [-0.2, 0) is 15.6 Å². The quantitative estimate of drug-likeness (QED) is 0.622. The Morgan fingerprint density at radius 2 is 2.10 bits per heavy atom. The fourth-order valence-corrected chi connectivity index (χ4v) is 5.27. The first-order chi connectivity index (χ1) is 14.9. The standard InChI is InChI=1S/C21H22ClFN4O3S/c22-19-14(12-31(28,29)10-1-7-23)3-5-17(24)20(19)30-15-4-6-18-16(11-15)21-25-8-2-9-27(21)13-26-18/h3-6,11,13H,1-2,7-10,12,24H2. The van der Waals surface area contributed by atoms with Crippen LogP contribution in [0.1, 0.15) is 24.0 Å². The lowest BCUT2D eigenvalue weighted by Gasteiger charge is -2.29. The Morgan fingerprint density at radius 1 is 1.26 bits per heavy atom. The lowest BCUT2D eigenvalue weighted by atomic mass is 10.1. The lowest BCUT2D eigenvalue weighted by Crippen LogP contribution is -2.36. The molecule has 164 valence electrons. The van der Waals surface area contributed by atoms with Crippen LogP contribution in [0.4, 0.5) is 15.8 Å². The summed E-state index contributed by atoms with van der Waals surface area (Å²) in [5.41, 5.74) is 8.33. The van der Waals surface area contributed by atoms with E-state index in [0.717, 1.165) is 36.6 Å². The van der Waals surface area contributed by atoms with Crippen LogP contribution >= 0.6 is 11.6 Å². The van der Waals surface area contributed by atoms with E-state index in [4.69, 9.17) is 22.1 Å². The molecule has 0 aromatic heterocycles. The monoisotopic (exact) mass is 464 g/mol. The van der Waals surface area contributed by atoms with Crippen LogP contribution in [-0.4, -0.2) is 51.0 Å². The van der Waals surface area contributed by atoms with Crippen molar-refractivity contribution in [1.82, 2.24) is 4.90 Å². The Hall–Kier alpha value is -2.65. The number of fused-ring (bicyclic) bond motifs is 3. The number of hydrogen-bond acceptors (Lipinski definition) is 7. The number of nitrogens with two attached hydrogens (primary N) is 1. The van der Waals surface area contributed by atoms with Gasteiger partial charge >= 0.3 is 0 Å². The maximum absolute atomic E-state index is 12.4. The highest BCUT2D eigenvalue weighted by Crippen LogP contribution is 2.39. The van der Waals surface area contributed by atoms with E-state index >= 15 is 0 Å². The van der Waals surface area contributed by atoms with E-state index in [1.807, 2.05) is 17.0 Å². The fraction of sp³-hybridized carbons (Fsp3) is 0.333. The van der Waals surface area contributed by atoms with Crippen molar-refractivity contribution in [2.45, 2.75) is 18.6 Å². The third-order valence-corrected chi connectivity index (χ3v) is 7.10. The highest BCUT2D eigenvalue weighted by Gasteiger charge is 2.23. The number of hydrogen-bond donors (Lipinski definition) is 1. The van der Waals surface area contributed by atoms with Crippen LogP contribution in [0.15, 0.2) is 40.3 Å². The van der Waals surface area contributed by atoms with E-state index in [0.29, 0.717) is 11.3 Å². The summed E-state index contributed by atoms with van der Waals surface area (Å²) in [6.45, 7) is 0.917. The second-order valence-corrected chi connectivity index (χ2v) is 9.93. The van der Waals surface area contributed by atoms with E-state index in [1.165, 1.54) is 0 Å². The van der Waals surface area contributed by atoms with Crippen LogP contribution in [0.25, 0.3) is 0 Å². The normalized spacial score (nSPS) is 15.3. The number of nitrogen functional groups attached to an aromatic ring is 1. The topological polar surface area (TPSA) is 97.3 Å². The van der Waals surface area contributed by atoms with Crippen LogP contribution in [0.3, 0.4) is 0 Å². The number of halogens is 2. The van der Waals surface area contributed by atoms with Gasteiger partial charge in [-0.3, -0.25) is 9.38 Å². The zero-order valence-electron chi connectivity index (χ0n) is 16.7. The Balaban J connectivity index is 1.63. The molecule has 0 saturated heterocycles. The van der Waals surface area contributed by atoms with Gasteiger partial charge in [0.2, 0.25) is 0 Å². The van der Waals surface area contributed by atoms with Crippen LogP contribution in [0.2, 0.25) is 5.02 Å². The van der Waals surface area contributed by atoms with Gasteiger partial charge in [0.25, 0.3) is 0 Å². The molecule has 4 rings (SSSR count). The average Bonchev–Trinajstić information content (AvgIpc) is 2.77. The predicted molar refractivity (Wildman–Crippen MR) is 121 cm³/mol. The number of rotatable bonds is 7. The molecule has 0 radical (unpaired) electrons. The molecular formula is C21H22ClFN4O3S. The first-order valence-corrected chi connectivity index (χ1v) is 12.1. The summed E-state index contributed by atoms with van der Waals surface area (Å²) in [4.78, 5) is 11.1. The summed E-state index contributed by atoms with van der Waals surface area (Å²) in [6.07, 6.45) is 2.70. The minimum atomic E-state index is -3.51. The van der Waals surface area contributed by atoms with Gasteiger partial charge in [-0.2, -0.15) is 0 Å². The Labute approximate surface area is 185 Å². The molecule has 2 aromatic rings. The van der Waals surface area contributed by atoms with Crippen LogP contribution in [0, 0.1) is 0 Å². The van der Waals surface area contributed by atoms with Crippen molar-refractivity contribution in [3.05, 3.63) is 46.5 Å². The molecule has 0 bridgehead atoms. The number of aliphatic imine (C=N–C) groups is 2. The summed E-state index contributed by atoms with van der Waals surface area (Å²) in [7, 11) is -3.51. The molecule has 2 aliphatic rings.